The van der Waals surface area contributed by atoms with Crippen molar-refractivity contribution in [3.63, 3.8) is 0 Å². The van der Waals surface area contributed by atoms with Crippen LogP contribution in [0.3, 0.4) is 0 Å². The van der Waals surface area contributed by atoms with Gasteiger partial charge in [0.25, 0.3) is 5.91 Å². The largest absolute Gasteiger partial charge is 0.380 e. The van der Waals surface area contributed by atoms with Gasteiger partial charge < -0.3 is 10.6 Å². The van der Waals surface area contributed by atoms with Gasteiger partial charge in [-0.1, -0.05) is 42.4 Å². The first-order valence-electron chi connectivity index (χ1n) is 7.92. The Balaban J connectivity index is 1.73. The molecule has 0 aliphatic carbocycles. The molecule has 8 heteroatoms. The third kappa shape index (κ3) is 4.15. The fourth-order valence-electron chi connectivity index (χ4n) is 2.44. The molecule has 3 rings (SSSR count). The van der Waals surface area contributed by atoms with Crippen LogP contribution in [0.25, 0.3) is 5.70 Å². The number of rotatable bonds is 6. The van der Waals surface area contributed by atoms with Crippen LogP contribution < -0.4 is 10.6 Å². The number of benzene rings is 2. The van der Waals surface area contributed by atoms with Gasteiger partial charge in [0.05, 0.1) is 17.6 Å². The molecule has 0 aliphatic rings. The highest BCUT2D eigenvalue weighted by atomic mass is 35.5. The maximum Gasteiger partial charge on any atom is 0.261 e. The number of aromatic nitrogens is 2. The van der Waals surface area contributed by atoms with Gasteiger partial charge in [-0.3, -0.25) is 9.89 Å². The Labute approximate surface area is 159 Å². The van der Waals surface area contributed by atoms with Gasteiger partial charge in [-0.2, -0.15) is 5.10 Å². The van der Waals surface area contributed by atoms with E-state index in [0.717, 1.165) is 17.7 Å². The molecule has 0 fully saturated rings. The summed E-state index contributed by atoms with van der Waals surface area (Å²) in [5, 5.41) is 12.7. The Morgan fingerprint density at radius 1 is 1.15 bits per heavy atom. The molecule has 1 heterocycles. The molecular weight excluding hydrogens is 374 g/mol. The molecule has 0 saturated heterocycles. The number of nitrogens with one attached hydrogen (secondary N) is 3. The molecular formula is C19H15ClF2N4O. The Hall–Kier alpha value is -3.19. The van der Waals surface area contributed by atoms with E-state index in [2.05, 4.69) is 27.4 Å². The minimum Gasteiger partial charge on any atom is -0.380 e. The smallest absolute Gasteiger partial charge is 0.261 e. The zero-order valence-corrected chi connectivity index (χ0v) is 14.8. The number of carbonyl (C=O) groups excluding carboxylic acids is 1. The third-order valence-electron chi connectivity index (χ3n) is 3.83. The van der Waals surface area contributed by atoms with Crippen LogP contribution >= 0.6 is 11.6 Å². The van der Waals surface area contributed by atoms with Crippen LogP contribution in [0.1, 0.15) is 21.6 Å². The Morgan fingerprint density at radius 3 is 2.56 bits per heavy atom. The highest BCUT2D eigenvalue weighted by molar-refractivity contribution is 6.31. The summed E-state index contributed by atoms with van der Waals surface area (Å²) in [6, 6.07) is 10.5. The Bertz CT molecular complexity index is 983. The molecule has 0 aliphatic heterocycles. The highest BCUT2D eigenvalue weighted by Crippen LogP contribution is 2.22. The zero-order chi connectivity index (χ0) is 19.4. The van der Waals surface area contributed by atoms with Gasteiger partial charge in [-0.25, -0.2) is 8.78 Å². The average Bonchev–Trinajstić information content (AvgIpc) is 3.09. The molecule has 3 N–H and O–H groups in total. The van der Waals surface area contributed by atoms with Crippen LogP contribution in [0.4, 0.5) is 14.5 Å². The van der Waals surface area contributed by atoms with Crippen LogP contribution in [0.2, 0.25) is 5.02 Å². The lowest BCUT2D eigenvalue weighted by Crippen LogP contribution is -2.18. The van der Waals surface area contributed by atoms with Gasteiger partial charge in [0.1, 0.15) is 22.9 Å². The van der Waals surface area contributed by atoms with E-state index in [1.807, 2.05) is 18.2 Å². The summed E-state index contributed by atoms with van der Waals surface area (Å²) < 4.78 is 27.5. The van der Waals surface area contributed by atoms with Gasteiger partial charge in [-0.15, -0.1) is 0 Å². The number of aromatic amines is 1. The van der Waals surface area contributed by atoms with Gasteiger partial charge >= 0.3 is 0 Å². The predicted molar refractivity (Wildman–Crippen MR) is 100 cm³/mol. The van der Waals surface area contributed by atoms with E-state index >= 15 is 0 Å². The number of hydrogen-bond acceptors (Lipinski definition) is 3. The normalized spacial score (nSPS) is 10.5. The minimum absolute atomic E-state index is 0.235. The van der Waals surface area contributed by atoms with Crippen molar-refractivity contribution in [1.29, 1.82) is 0 Å². The van der Waals surface area contributed by atoms with E-state index in [0.29, 0.717) is 23.0 Å². The van der Waals surface area contributed by atoms with Gasteiger partial charge in [0.2, 0.25) is 0 Å². The number of anilines is 1. The van der Waals surface area contributed by atoms with Crippen LogP contribution in [-0.2, 0) is 6.54 Å². The van der Waals surface area contributed by atoms with Crippen LogP contribution in [0, 0.1) is 11.6 Å². The van der Waals surface area contributed by atoms with E-state index in [9.17, 15) is 13.6 Å². The molecule has 0 radical (unpaired) electrons. The fourth-order valence-corrected chi connectivity index (χ4v) is 2.65. The number of hydrogen-bond donors (Lipinski definition) is 3. The standard InChI is InChI=1S/C19H15ClF2N4O/c1-11(23-9-12-5-2-3-6-13(12)20)18-16(10-24-26-18)25-19(27)17-14(21)7-4-8-15(17)22/h2-8,10,23H,1,9H2,(H,24,26)(H,25,27). The second kappa shape index (κ2) is 8.01. The SMILES string of the molecule is C=C(NCc1ccccc1Cl)c1[nH]ncc1NC(=O)c1c(F)cccc1F. The summed E-state index contributed by atoms with van der Waals surface area (Å²) in [7, 11) is 0. The van der Waals surface area contributed by atoms with Crippen molar-refractivity contribution in [1.82, 2.24) is 15.5 Å². The van der Waals surface area contributed by atoms with Gasteiger partial charge in [0.15, 0.2) is 0 Å². The molecule has 3 aromatic rings. The van der Waals surface area contributed by atoms with Gasteiger partial charge in [0, 0.05) is 11.6 Å². The molecule has 1 amide bonds. The second-order valence-electron chi connectivity index (χ2n) is 5.63. The summed E-state index contributed by atoms with van der Waals surface area (Å²) >= 11 is 6.11. The lowest BCUT2D eigenvalue weighted by molar-refractivity contribution is 0.101. The topological polar surface area (TPSA) is 69.8 Å². The Kier molecular flexibility index (Phi) is 5.52. The maximum absolute atomic E-state index is 13.8. The number of halogens is 3. The Morgan fingerprint density at radius 2 is 1.85 bits per heavy atom. The molecule has 0 bridgehead atoms. The lowest BCUT2D eigenvalue weighted by Gasteiger charge is -2.12. The molecule has 138 valence electrons. The van der Waals surface area contributed by atoms with E-state index in [1.165, 1.54) is 12.3 Å². The third-order valence-corrected chi connectivity index (χ3v) is 4.20. The number of carbonyl (C=O) groups is 1. The first kappa shape index (κ1) is 18.6. The molecule has 0 atom stereocenters. The van der Waals surface area contributed by atoms with Crippen molar-refractivity contribution < 1.29 is 13.6 Å². The van der Waals surface area contributed by atoms with Crippen molar-refractivity contribution in [2.24, 2.45) is 0 Å². The summed E-state index contributed by atoms with van der Waals surface area (Å²) in [6.07, 6.45) is 1.33. The highest BCUT2D eigenvalue weighted by Gasteiger charge is 2.19. The summed E-state index contributed by atoms with van der Waals surface area (Å²) in [5.41, 5.74) is 1.24. The van der Waals surface area contributed by atoms with Crippen LogP contribution in [0.15, 0.2) is 55.2 Å². The molecule has 0 unspecified atom stereocenters. The summed E-state index contributed by atoms with van der Waals surface area (Å²) in [4.78, 5) is 12.3. The summed E-state index contributed by atoms with van der Waals surface area (Å²) in [6.45, 7) is 4.29. The van der Waals surface area contributed by atoms with E-state index in [4.69, 9.17) is 11.6 Å². The van der Waals surface area contributed by atoms with Crippen molar-refractivity contribution in [3.05, 3.63) is 88.7 Å². The van der Waals surface area contributed by atoms with E-state index in [1.54, 1.807) is 6.07 Å². The minimum atomic E-state index is -0.951. The zero-order valence-electron chi connectivity index (χ0n) is 14.0. The maximum atomic E-state index is 13.8. The number of nitrogens with zero attached hydrogens (tertiary/aromatic N) is 1. The second-order valence-corrected chi connectivity index (χ2v) is 6.04. The molecule has 0 spiro atoms. The number of H-pyrrole nitrogens is 1. The predicted octanol–water partition coefficient (Wildman–Crippen LogP) is 4.35. The van der Waals surface area contributed by atoms with Crippen molar-refractivity contribution in [3.8, 4) is 0 Å². The first-order chi connectivity index (χ1) is 13.0. The quantitative estimate of drug-likeness (QED) is 0.587. The molecule has 1 aromatic heterocycles. The van der Waals surface area contributed by atoms with Crippen LogP contribution in [-0.4, -0.2) is 16.1 Å². The average molecular weight is 389 g/mol. The van der Waals surface area contributed by atoms with Crippen molar-refractivity contribution in [2.75, 3.05) is 5.32 Å². The molecule has 27 heavy (non-hydrogen) atoms. The molecule has 5 nitrogen and oxygen atoms in total. The number of amides is 1. The first-order valence-corrected chi connectivity index (χ1v) is 8.30. The van der Waals surface area contributed by atoms with Crippen LogP contribution in [0.5, 0.6) is 0 Å². The monoisotopic (exact) mass is 388 g/mol. The van der Waals surface area contributed by atoms with E-state index in [-0.39, 0.29) is 5.69 Å². The van der Waals surface area contributed by atoms with Crippen molar-refractivity contribution >= 4 is 28.9 Å². The summed E-state index contributed by atoms with van der Waals surface area (Å²) in [5.74, 6) is -2.83. The molecule has 0 saturated carbocycles. The lowest BCUT2D eigenvalue weighted by atomic mass is 10.1. The van der Waals surface area contributed by atoms with E-state index < -0.39 is 23.1 Å². The van der Waals surface area contributed by atoms with Crippen molar-refractivity contribution in [2.45, 2.75) is 6.54 Å². The molecule has 2 aromatic carbocycles. The fraction of sp³-hybridized carbons (Fsp3) is 0.0526. The van der Waals surface area contributed by atoms with Gasteiger partial charge in [-0.05, 0) is 23.8 Å².